The summed E-state index contributed by atoms with van der Waals surface area (Å²) >= 11 is 0. The van der Waals surface area contributed by atoms with E-state index in [4.69, 9.17) is 18.5 Å². The van der Waals surface area contributed by atoms with Gasteiger partial charge in [-0.3, -0.25) is 14.2 Å². The monoisotopic (exact) mass is 808 g/mol. The standard InChI is InChI=1S/C46H82NO8P/c1-6-8-10-12-14-16-18-20-21-22-23-24-25-27-28-30-32-34-36-38-45(48)52-42-44(43-54-56(50,51)53-41-40-47(3,4)5)55-46(49)39-37-35-33-31-29-26-19-17-15-13-11-9-7-2/h14,16,20-21,23-24,27-28,32,34,44H,6-13,15,17-19,22,25-26,29-31,33,35-43H2,1-5H3/b16-14-,21-20-,24-23-,28-27-,34-32-/t44-/m1/s1. The van der Waals surface area contributed by atoms with Crippen molar-refractivity contribution in [3.8, 4) is 0 Å². The first kappa shape index (κ1) is 53.7. The Labute approximate surface area is 343 Å². The second-order valence-corrected chi connectivity index (χ2v) is 17.1. The molecular weight excluding hydrogens is 725 g/mol. The third-order valence-electron chi connectivity index (χ3n) is 9.05. The molecule has 0 aromatic heterocycles. The van der Waals surface area contributed by atoms with E-state index in [2.05, 4.69) is 62.5 Å². The van der Waals surface area contributed by atoms with Crippen molar-refractivity contribution in [2.45, 2.75) is 174 Å². The average Bonchev–Trinajstić information content (AvgIpc) is 3.15. The number of phosphoric acid groups is 1. The average molecular weight is 808 g/mol. The lowest BCUT2D eigenvalue weighted by molar-refractivity contribution is -0.870. The van der Waals surface area contributed by atoms with Crippen molar-refractivity contribution < 1.29 is 42.1 Å². The summed E-state index contributed by atoms with van der Waals surface area (Å²) in [6.45, 7) is 4.10. The van der Waals surface area contributed by atoms with Gasteiger partial charge in [-0.2, -0.15) is 0 Å². The molecular formula is C46H82NO8P. The van der Waals surface area contributed by atoms with E-state index >= 15 is 0 Å². The maximum atomic E-state index is 12.6. The van der Waals surface area contributed by atoms with Crippen LogP contribution in [0.3, 0.4) is 0 Å². The van der Waals surface area contributed by atoms with Crippen LogP contribution in [-0.4, -0.2) is 70.0 Å². The van der Waals surface area contributed by atoms with E-state index in [1.807, 2.05) is 33.3 Å². The predicted octanol–water partition coefficient (Wildman–Crippen LogP) is 11.8. The molecule has 0 aliphatic carbocycles. The number of rotatable bonds is 39. The van der Waals surface area contributed by atoms with E-state index < -0.39 is 32.5 Å². The molecule has 0 saturated carbocycles. The van der Waals surface area contributed by atoms with Crippen molar-refractivity contribution in [1.29, 1.82) is 0 Å². The number of unbranched alkanes of at least 4 members (excludes halogenated alkanes) is 15. The van der Waals surface area contributed by atoms with E-state index in [0.717, 1.165) is 44.9 Å². The van der Waals surface area contributed by atoms with Gasteiger partial charge in [0.05, 0.1) is 27.7 Å². The van der Waals surface area contributed by atoms with E-state index in [-0.39, 0.29) is 26.1 Å². The summed E-state index contributed by atoms with van der Waals surface area (Å²) in [5.41, 5.74) is 0. The van der Waals surface area contributed by atoms with Gasteiger partial charge >= 0.3 is 11.9 Å². The highest BCUT2D eigenvalue weighted by molar-refractivity contribution is 7.45. The molecule has 56 heavy (non-hydrogen) atoms. The lowest BCUT2D eigenvalue weighted by Gasteiger charge is -2.28. The summed E-state index contributed by atoms with van der Waals surface area (Å²) in [5.74, 6) is -0.932. The molecule has 0 amide bonds. The van der Waals surface area contributed by atoms with Gasteiger partial charge in [-0.25, -0.2) is 0 Å². The van der Waals surface area contributed by atoms with Crippen molar-refractivity contribution in [1.82, 2.24) is 0 Å². The molecule has 0 radical (unpaired) electrons. The number of quaternary nitrogens is 1. The van der Waals surface area contributed by atoms with Crippen molar-refractivity contribution in [2.75, 3.05) is 47.5 Å². The van der Waals surface area contributed by atoms with Crippen LogP contribution >= 0.6 is 7.82 Å². The molecule has 0 fully saturated rings. The highest BCUT2D eigenvalue weighted by Gasteiger charge is 2.21. The van der Waals surface area contributed by atoms with E-state index in [9.17, 15) is 19.0 Å². The number of ether oxygens (including phenoxy) is 2. The van der Waals surface area contributed by atoms with Crippen molar-refractivity contribution >= 4 is 19.8 Å². The Morgan fingerprint density at radius 3 is 1.50 bits per heavy atom. The fraction of sp³-hybridized carbons (Fsp3) is 0.739. The second-order valence-electron chi connectivity index (χ2n) is 15.7. The van der Waals surface area contributed by atoms with Gasteiger partial charge in [-0.1, -0.05) is 164 Å². The number of phosphoric ester groups is 1. The summed E-state index contributed by atoms with van der Waals surface area (Å²) in [4.78, 5) is 37.5. The van der Waals surface area contributed by atoms with Crippen LogP contribution in [0.1, 0.15) is 168 Å². The molecule has 0 aromatic rings. The number of nitrogens with zero attached hydrogens (tertiary/aromatic N) is 1. The van der Waals surface area contributed by atoms with E-state index in [0.29, 0.717) is 23.9 Å². The van der Waals surface area contributed by atoms with Crippen LogP contribution in [0.5, 0.6) is 0 Å². The van der Waals surface area contributed by atoms with Crippen LogP contribution in [0.15, 0.2) is 60.8 Å². The van der Waals surface area contributed by atoms with Crippen LogP contribution in [0, 0.1) is 0 Å². The van der Waals surface area contributed by atoms with Crippen molar-refractivity contribution in [3.63, 3.8) is 0 Å². The van der Waals surface area contributed by atoms with Crippen LogP contribution in [0.25, 0.3) is 0 Å². The molecule has 0 saturated heterocycles. The zero-order valence-electron chi connectivity index (χ0n) is 36.3. The van der Waals surface area contributed by atoms with Crippen molar-refractivity contribution in [3.05, 3.63) is 60.8 Å². The number of allylic oxidation sites excluding steroid dienone is 10. The second kappa shape index (κ2) is 38.2. The molecule has 0 spiro atoms. The maximum Gasteiger partial charge on any atom is 0.306 e. The Morgan fingerprint density at radius 1 is 0.554 bits per heavy atom. The Hall–Kier alpha value is -2.29. The number of hydrogen-bond acceptors (Lipinski definition) is 8. The number of hydrogen-bond donors (Lipinski definition) is 0. The summed E-state index contributed by atoms with van der Waals surface area (Å²) in [6.07, 6.45) is 45.4. The predicted molar refractivity (Wildman–Crippen MR) is 231 cm³/mol. The van der Waals surface area contributed by atoms with E-state index in [1.165, 1.54) is 83.5 Å². The molecule has 10 heteroatoms. The molecule has 0 bridgehead atoms. The van der Waals surface area contributed by atoms with Gasteiger partial charge < -0.3 is 27.9 Å². The highest BCUT2D eigenvalue weighted by atomic mass is 31.2. The zero-order chi connectivity index (χ0) is 41.4. The zero-order valence-corrected chi connectivity index (χ0v) is 37.2. The normalized spacial score (nSPS) is 14.2. The quantitative estimate of drug-likeness (QED) is 0.0198. The molecule has 0 aromatic carbocycles. The number of esters is 2. The Morgan fingerprint density at radius 2 is 1.00 bits per heavy atom. The molecule has 0 rings (SSSR count). The summed E-state index contributed by atoms with van der Waals surface area (Å²) < 4.78 is 33.8. The molecule has 0 aliphatic heterocycles. The third-order valence-corrected chi connectivity index (χ3v) is 10.0. The SMILES string of the molecule is CCCCC/C=C\C/C=C\C/C=C\C/C=C\C/C=C\CCC(=O)OC[C@H](COP(=O)([O-])OCC[N+](C)(C)C)OC(=O)CCCCCCCCCCCCCCC. The molecule has 324 valence electrons. The van der Waals surface area contributed by atoms with Gasteiger partial charge in [0.2, 0.25) is 0 Å². The Balaban J connectivity index is 4.48. The largest absolute Gasteiger partial charge is 0.756 e. The first-order chi connectivity index (χ1) is 27.0. The van der Waals surface area contributed by atoms with E-state index in [1.54, 1.807) is 0 Å². The molecule has 0 heterocycles. The number of likely N-dealkylation sites (N-methyl/N-ethyl adjacent to an activating group) is 1. The van der Waals surface area contributed by atoms with Crippen LogP contribution in [0.4, 0.5) is 0 Å². The van der Waals surface area contributed by atoms with Crippen molar-refractivity contribution in [2.24, 2.45) is 0 Å². The fourth-order valence-electron chi connectivity index (χ4n) is 5.58. The lowest BCUT2D eigenvalue weighted by Crippen LogP contribution is -2.37. The maximum absolute atomic E-state index is 12.6. The molecule has 0 N–H and O–H groups in total. The Bertz CT molecular complexity index is 1140. The molecule has 0 aliphatic rings. The van der Waals surface area contributed by atoms with Gasteiger partial charge in [0, 0.05) is 12.8 Å². The summed E-state index contributed by atoms with van der Waals surface area (Å²) in [5, 5.41) is 0. The van der Waals surface area contributed by atoms with Crippen LogP contribution < -0.4 is 4.89 Å². The smallest absolute Gasteiger partial charge is 0.306 e. The number of carbonyl (C=O) groups is 2. The minimum atomic E-state index is -4.64. The first-order valence-corrected chi connectivity index (χ1v) is 23.5. The van der Waals surface area contributed by atoms with Gasteiger partial charge in [0.25, 0.3) is 7.82 Å². The van der Waals surface area contributed by atoms with Gasteiger partial charge in [0.1, 0.15) is 19.8 Å². The highest BCUT2D eigenvalue weighted by Crippen LogP contribution is 2.38. The minimum absolute atomic E-state index is 0.0430. The van der Waals surface area contributed by atoms with Gasteiger partial charge in [-0.05, 0) is 51.4 Å². The number of carbonyl (C=O) groups excluding carboxylic acids is 2. The summed E-state index contributed by atoms with van der Waals surface area (Å²) in [6, 6.07) is 0. The fourth-order valence-corrected chi connectivity index (χ4v) is 6.31. The minimum Gasteiger partial charge on any atom is -0.756 e. The first-order valence-electron chi connectivity index (χ1n) is 22.0. The van der Waals surface area contributed by atoms with Gasteiger partial charge in [0.15, 0.2) is 6.10 Å². The third kappa shape index (κ3) is 41.3. The topological polar surface area (TPSA) is 111 Å². The Kier molecular flexibility index (Phi) is 36.7. The molecule has 2 atom stereocenters. The molecule has 9 nitrogen and oxygen atoms in total. The lowest BCUT2D eigenvalue weighted by atomic mass is 10.0. The van der Waals surface area contributed by atoms with Crippen LogP contribution in [-0.2, 0) is 32.7 Å². The summed E-state index contributed by atoms with van der Waals surface area (Å²) in [7, 11) is 1.12. The van der Waals surface area contributed by atoms with Crippen LogP contribution in [0.2, 0.25) is 0 Å². The molecule has 1 unspecified atom stereocenters. The van der Waals surface area contributed by atoms with Gasteiger partial charge in [-0.15, -0.1) is 0 Å².